The van der Waals surface area contributed by atoms with E-state index >= 15 is 0 Å². The fourth-order valence-electron chi connectivity index (χ4n) is 9.57. The van der Waals surface area contributed by atoms with Gasteiger partial charge in [-0.05, 0) is 67.4 Å². The van der Waals surface area contributed by atoms with Gasteiger partial charge in [0.15, 0.2) is 0 Å². The Labute approximate surface area is 433 Å². The molecule has 4 aliphatic rings. The molecule has 0 amide bonds. The van der Waals surface area contributed by atoms with Crippen LogP contribution in [0.3, 0.4) is 0 Å². The van der Waals surface area contributed by atoms with E-state index in [0.29, 0.717) is 17.9 Å². The molecule has 0 unspecified atom stereocenters. The lowest BCUT2D eigenvalue weighted by Crippen LogP contribution is -2.24. The van der Waals surface area contributed by atoms with Crippen LogP contribution in [-0.2, 0) is 25.3 Å². The smallest absolute Gasteiger partial charge is 0.416 e. The van der Waals surface area contributed by atoms with Crippen LogP contribution in [0.5, 0.6) is 17.2 Å². The zero-order valence-electron chi connectivity index (χ0n) is 40.9. The molecule has 3 aromatic rings. The topological polar surface area (TPSA) is 290 Å². The number of aliphatic hydroxyl groups excluding tert-OH is 8. The lowest BCUT2D eigenvalue weighted by Gasteiger charge is -2.19. The number of hydrogen-bond donors (Lipinski definition) is 10. The second kappa shape index (κ2) is 28.9. The first kappa shape index (κ1) is 61.7. The van der Waals surface area contributed by atoms with E-state index in [1.165, 1.54) is 30.4 Å². The Hall–Kier alpha value is -5.84. The van der Waals surface area contributed by atoms with E-state index in [-0.39, 0.29) is 89.0 Å². The van der Waals surface area contributed by atoms with Crippen LogP contribution in [0.15, 0.2) is 109 Å². The lowest BCUT2D eigenvalue weighted by atomic mass is 9.90. The van der Waals surface area contributed by atoms with Crippen molar-refractivity contribution in [1.29, 1.82) is 0 Å². The molecule has 414 valence electrons. The summed E-state index contributed by atoms with van der Waals surface area (Å²) in [5.74, 6) is -3.55. The molecule has 15 atom stereocenters. The normalized spacial score (nSPS) is 28.3. The number of carbonyl (C=O) groups excluding carboxylic acids is 1. The zero-order valence-corrected chi connectivity index (χ0v) is 40.9. The van der Waals surface area contributed by atoms with Crippen LogP contribution >= 0.6 is 0 Å². The van der Waals surface area contributed by atoms with Gasteiger partial charge in [0.2, 0.25) is 0 Å². The van der Waals surface area contributed by atoms with Gasteiger partial charge in [-0.2, -0.15) is 13.2 Å². The largest absolute Gasteiger partial charge is 0.491 e. The van der Waals surface area contributed by atoms with E-state index in [4.69, 9.17) is 29.2 Å². The van der Waals surface area contributed by atoms with E-state index in [2.05, 4.69) is 0 Å². The van der Waals surface area contributed by atoms with Crippen LogP contribution in [-0.4, -0.2) is 144 Å². The number of aryl methyl sites for hydroxylation is 2. The molecule has 3 saturated carbocycles. The predicted octanol–water partition coefficient (Wildman–Crippen LogP) is 5.20. The third-order valence-corrected chi connectivity index (χ3v) is 13.3. The minimum Gasteiger partial charge on any atom is -0.491 e. The van der Waals surface area contributed by atoms with Gasteiger partial charge < -0.3 is 70.0 Å². The summed E-state index contributed by atoms with van der Waals surface area (Å²) in [7, 11) is 0. The van der Waals surface area contributed by atoms with Crippen molar-refractivity contribution in [3.05, 3.63) is 126 Å². The highest BCUT2D eigenvalue weighted by Gasteiger charge is 2.48. The molecule has 20 heteroatoms. The summed E-state index contributed by atoms with van der Waals surface area (Å²) in [5.41, 5.74) is 1.28. The number of benzene rings is 3. The fourth-order valence-corrected chi connectivity index (χ4v) is 9.57. The monoisotopic (exact) mass is 1060 g/mol. The fraction of sp³-hybridized carbons (Fsp3) is 0.509. The molecule has 0 radical (unpaired) electrons. The minimum absolute atomic E-state index is 0. The number of rotatable bonds is 19. The van der Waals surface area contributed by atoms with Gasteiger partial charge in [-0.25, -0.2) is 0 Å². The van der Waals surface area contributed by atoms with Crippen LogP contribution in [0.2, 0.25) is 0 Å². The van der Waals surface area contributed by atoms with Crippen LogP contribution < -0.4 is 14.2 Å². The van der Waals surface area contributed by atoms with Crippen molar-refractivity contribution >= 4 is 17.9 Å². The van der Waals surface area contributed by atoms with Gasteiger partial charge in [0.25, 0.3) is 0 Å². The summed E-state index contributed by atoms with van der Waals surface area (Å²) in [6, 6.07) is 19.3. The average molecular weight is 1060 g/mol. The Balaban J connectivity index is 0.000000242. The quantitative estimate of drug-likeness (QED) is 0.0545. The van der Waals surface area contributed by atoms with Gasteiger partial charge in [-0.3, -0.25) is 14.4 Å². The number of ether oxygens (including phenoxy) is 4. The maximum atomic E-state index is 12.7. The zero-order chi connectivity index (χ0) is 54.3. The summed E-state index contributed by atoms with van der Waals surface area (Å²) in [6.45, 7) is 3.76. The second-order valence-electron chi connectivity index (χ2n) is 19.1. The van der Waals surface area contributed by atoms with Crippen molar-refractivity contribution < 1.29 is 97.6 Å². The van der Waals surface area contributed by atoms with Gasteiger partial charge in [0, 0.05) is 54.8 Å². The first-order chi connectivity index (χ1) is 35.0. The summed E-state index contributed by atoms with van der Waals surface area (Å²) in [5, 5.41) is 97.5. The standard InChI is InChI=1S/C18H19F3O5.2C18H24O6.CH4/c19-18(20,21)10-2-1-3-12(6-10)25-9-11(22)4-5-13-14-7-17(24)26-16(14)8-15(13)23;2*1-11-3-2-4-13(7-11)24-10-12(19)5-6-14-15(8-18(22)23)17(21)9-16(14)20;/h1-6,11,13-16,22-23H,7-9H2;2*2-7,12,14-17,19-21H,8-10H2,1H3,(H,22,23);1H4/b5-4+;2*6-5+;/t11-,13-,14-,15-,16+;12-,14+,15+,16+,17-;12-,14-,15-,16-,17+;/m101./s1. The van der Waals surface area contributed by atoms with Gasteiger partial charge >= 0.3 is 24.1 Å². The van der Waals surface area contributed by atoms with Crippen LogP contribution in [0.25, 0.3) is 0 Å². The molecule has 17 nitrogen and oxygen atoms in total. The summed E-state index contributed by atoms with van der Waals surface area (Å²) < 4.78 is 59.3. The van der Waals surface area contributed by atoms with Crippen molar-refractivity contribution in [3.63, 3.8) is 0 Å². The summed E-state index contributed by atoms with van der Waals surface area (Å²) >= 11 is 0. The molecule has 1 heterocycles. The number of carboxylic acid groups (broad SMARTS) is 2. The Kier molecular flexibility index (Phi) is 23.8. The van der Waals surface area contributed by atoms with Gasteiger partial charge in [-0.15, -0.1) is 0 Å². The number of carbonyl (C=O) groups is 3. The van der Waals surface area contributed by atoms with E-state index < -0.39 is 96.2 Å². The van der Waals surface area contributed by atoms with E-state index in [0.717, 1.165) is 23.3 Å². The van der Waals surface area contributed by atoms with Crippen molar-refractivity contribution in [1.82, 2.24) is 0 Å². The number of fused-ring (bicyclic) bond motifs is 1. The van der Waals surface area contributed by atoms with E-state index in [1.54, 1.807) is 30.4 Å². The third kappa shape index (κ3) is 19.4. The van der Waals surface area contributed by atoms with Crippen LogP contribution in [0, 0.1) is 49.4 Å². The molecule has 7 rings (SSSR count). The Morgan fingerprint density at radius 1 is 0.613 bits per heavy atom. The minimum atomic E-state index is -4.46. The van der Waals surface area contributed by atoms with Gasteiger partial charge in [0.05, 0.1) is 55.3 Å². The van der Waals surface area contributed by atoms with Crippen molar-refractivity contribution in [2.75, 3.05) is 19.8 Å². The molecule has 0 aromatic heterocycles. The SMILES string of the molecule is C.Cc1cccc(OC[C@@H](O)/C=C/[C@@H]2[C@@H](CC(=O)O)[C@@H](O)C[C@H]2O)c1.Cc1cccc(OC[C@H](O)/C=C/[C@@H]2[C@@H](CC(=O)O)[C@@H](O)C[C@H]2O)c1.O=C1C[C@@H]2[C@@H](/C=C/[C@@H](O)COc3cccc(C(F)(F)F)c3)[C@H](O)C[C@@H]2O1. The molecule has 0 spiro atoms. The number of halogens is 3. The number of alkyl halides is 3. The summed E-state index contributed by atoms with van der Waals surface area (Å²) in [4.78, 5) is 33.1. The number of aliphatic carboxylic acids is 2. The Morgan fingerprint density at radius 3 is 1.40 bits per heavy atom. The van der Waals surface area contributed by atoms with Gasteiger partial charge in [-0.1, -0.05) is 74.2 Å². The van der Waals surface area contributed by atoms with Crippen molar-refractivity contribution in [3.8, 4) is 17.2 Å². The predicted molar refractivity (Wildman–Crippen MR) is 266 cm³/mol. The molecular weight excluding hydrogens is 990 g/mol. The first-order valence-corrected chi connectivity index (χ1v) is 24.3. The third-order valence-electron chi connectivity index (χ3n) is 13.3. The van der Waals surface area contributed by atoms with E-state index in [9.17, 15) is 68.4 Å². The highest BCUT2D eigenvalue weighted by molar-refractivity contribution is 5.72. The average Bonchev–Trinajstić information content (AvgIpc) is 4.00. The maximum absolute atomic E-state index is 12.7. The number of aliphatic hydroxyl groups is 8. The van der Waals surface area contributed by atoms with Crippen LogP contribution in [0.1, 0.15) is 62.6 Å². The second-order valence-corrected chi connectivity index (χ2v) is 19.1. The molecule has 3 aliphatic carbocycles. The number of carboxylic acids is 2. The molecule has 1 aliphatic heterocycles. The molecule has 75 heavy (non-hydrogen) atoms. The summed E-state index contributed by atoms with van der Waals surface area (Å²) in [6.07, 6.45) is -1.99. The molecule has 10 N–H and O–H groups in total. The first-order valence-electron chi connectivity index (χ1n) is 24.3. The lowest BCUT2D eigenvalue weighted by molar-refractivity contribution is -0.142. The number of hydrogen-bond acceptors (Lipinski definition) is 15. The van der Waals surface area contributed by atoms with Crippen molar-refractivity contribution in [2.45, 2.75) is 121 Å². The highest BCUT2D eigenvalue weighted by atomic mass is 19.4. The Morgan fingerprint density at radius 2 is 1.00 bits per heavy atom. The number of esters is 1. The maximum Gasteiger partial charge on any atom is 0.416 e. The molecule has 1 saturated heterocycles. The molecule has 0 bridgehead atoms. The highest BCUT2D eigenvalue weighted by Crippen LogP contribution is 2.42. The Bertz CT molecular complexity index is 2270. The molecule has 3 aromatic carbocycles. The molecule has 4 fully saturated rings. The van der Waals surface area contributed by atoms with Crippen molar-refractivity contribution in [2.24, 2.45) is 35.5 Å². The van der Waals surface area contributed by atoms with Crippen LogP contribution in [0.4, 0.5) is 13.2 Å². The van der Waals surface area contributed by atoms with E-state index in [1.807, 2.05) is 50.2 Å². The molecular formula is C55H71F3O17. The van der Waals surface area contributed by atoms with Gasteiger partial charge in [0.1, 0.15) is 61.5 Å².